The fraction of sp³-hybridized carbons (Fsp3) is 0.562. The summed E-state index contributed by atoms with van der Waals surface area (Å²) in [5.41, 5.74) is 1.98. The average molecular weight is 260 g/mol. The van der Waals surface area contributed by atoms with Gasteiger partial charge in [-0.3, -0.25) is 4.79 Å². The lowest BCUT2D eigenvalue weighted by molar-refractivity contribution is -0.115. The Bertz CT molecular complexity index is 431. The maximum atomic E-state index is 11.4. The summed E-state index contributed by atoms with van der Waals surface area (Å²) in [6.07, 6.45) is 5.65. The third kappa shape index (κ3) is 3.98. The second-order valence-electron chi connectivity index (χ2n) is 5.41. The highest BCUT2D eigenvalue weighted by molar-refractivity contribution is 5.90. The van der Waals surface area contributed by atoms with Crippen molar-refractivity contribution in [2.75, 3.05) is 10.6 Å². The predicted octanol–water partition coefficient (Wildman–Crippen LogP) is 4.03. The third-order valence-electron chi connectivity index (χ3n) is 3.96. The molecule has 0 saturated heterocycles. The van der Waals surface area contributed by atoms with Gasteiger partial charge in [-0.2, -0.15) is 0 Å². The molecule has 1 saturated carbocycles. The number of hydrogen-bond donors (Lipinski definition) is 2. The van der Waals surface area contributed by atoms with Gasteiger partial charge in [-0.05, 0) is 43.4 Å². The molecule has 2 atom stereocenters. The molecule has 104 valence electrons. The summed E-state index contributed by atoms with van der Waals surface area (Å²) in [6.45, 7) is 4.13. The van der Waals surface area contributed by atoms with E-state index in [0.717, 1.165) is 17.3 Å². The van der Waals surface area contributed by atoms with Crippen LogP contribution >= 0.6 is 0 Å². The van der Waals surface area contributed by atoms with Crippen LogP contribution in [0.5, 0.6) is 0 Å². The molecule has 2 unspecified atom stereocenters. The molecule has 0 spiro atoms. The van der Waals surface area contributed by atoms with Crippen LogP contribution in [0.25, 0.3) is 0 Å². The van der Waals surface area contributed by atoms with E-state index in [4.69, 9.17) is 0 Å². The molecule has 0 heterocycles. The van der Waals surface area contributed by atoms with E-state index in [1.807, 2.05) is 25.1 Å². The van der Waals surface area contributed by atoms with Gasteiger partial charge in [0.15, 0.2) is 0 Å². The highest BCUT2D eigenvalue weighted by Gasteiger charge is 2.22. The number of nitrogens with one attached hydrogen (secondary N) is 2. The van der Waals surface area contributed by atoms with E-state index in [1.54, 1.807) is 0 Å². The van der Waals surface area contributed by atoms with Gasteiger partial charge in [-0.25, -0.2) is 0 Å². The first-order valence-corrected chi connectivity index (χ1v) is 7.37. The quantitative estimate of drug-likeness (QED) is 0.839. The van der Waals surface area contributed by atoms with Gasteiger partial charge < -0.3 is 10.6 Å². The minimum atomic E-state index is 0.0593. The van der Waals surface area contributed by atoms with Gasteiger partial charge in [-0.1, -0.05) is 26.3 Å². The second kappa shape index (κ2) is 6.60. The van der Waals surface area contributed by atoms with Crippen LogP contribution in [-0.4, -0.2) is 11.9 Å². The van der Waals surface area contributed by atoms with E-state index in [9.17, 15) is 4.79 Å². The van der Waals surface area contributed by atoms with E-state index in [2.05, 4.69) is 23.6 Å². The fourth-order valence-corrected chi connectivity index (χ4v) is 2.75. The summed E-state index contributed by atoms with van der Waals surface area (Å²) in [6, 6.07) is 8.59. The Labute approximate surface area is 115 Å². The summed E-state index contributed by atoms with van der Waals surface area (Å²) in [4.78, 5) is 11.4. The minimum absolute atomic E-state index is 0.0593. The fourth-order valence-electron chi connectivity index (χ4n) is 2.75. The largest absolute Gasteiger partial charge is 0.382 e. The molecule has 19 heavy (non-hydrogen) atoms. The molecule has 1 aromatic rings. The Morgan fingerprint density at radius 2 is 2.05 bits per heavy atom. The SMILES string of the molecule is CCC(=O)Nc1cccc(NC2CCC(CC)C2)c1. The van der Waals surface area contributed by atoms with Crippen LogP contribution in [0.1, 0.15) is 46.0 Å². The second-order valence-corrected chi connectivity index (χ2v) is 5.41. The Balaban J connectivity index is 1.94. The summed E-state index contributed by atoms with van der Waals surface area (Å²) in [7, 11) is 0. The molecule has 2 N–H and O–H groups in total. The van der Waals surface area contributed by atoms with Gasteiger partial charge in [0, 0.05) is 23.8 Å². The Hall–Kier alpha value is -1.51. The minimum Gasteiger partial charge on any atom is -0.382 e. The lowest BCUT2D eigenvalue weighted by Crippen LogP contribution is -2.16. The maximum Gasteiger partial charge on any atom is 0.224 e. The molecule has 1 fully saturated rings. The Morgan fingerprint density at radius 1 is 1.26 bits per heavy atom. The molecule has 0 aromatic heterocycles. The van der Waals surface area contributed by atoms with Crippen molar-refractivity contribution in [2.45, 2.75) is 52.0 Å². The number of anilines is 2. The van der Waals surface area contributed by atoms with E-state index in [0.29, 0.717) is 12.5 Å². The maximum absolute atomic E-state index is 11.4. The summed E-state index contributed by atoms with van der Waals surface area (Å²) < 4.78 is 0. The van der Waals surface area contributed by atoms with Crippen LogP contribution in [0.3, 0.4) is 0 Å². The average Bonchev–Trinajstić information content (AvgIpc) is 2.86. The molecule has 0 aliphatic heterocycles. The van der Waals surface area contributed by atoms with Gasteiger partial charge in [0.25, 0.3) is 0 Å². The normalized spacial score (nSPS) is 22.2. The highest BCUT2D eigenvalue weighted by Crippen LogP contribution is 2.30. The molecule has 3 nitrogen and oxygen atoms in total. The smallest absolute Gasteiger partial charge is 0.224 e. The van der Waals surface area contributed by atoms with Crippen LogP contribution in [0.15, 0.2) is 24.3 Å². The zero-order valence-corrected chi connectivity index (χ0v) is 11.9. The first-order chi connectivity index (χ1) is 9.21. The van der Waals surface area contributed by atoms with Crippen LogP contribution in [0.2, 0.25) is 0 Å². The van der Waals surface area contributed by atoms with Gasteiger partial charge in [0.1, 0.15) is 0 Å². The van der Waals surface area contributed by atoms with Crippen molar-refractivity contribution in [1.29, 1.82) is 0 Å². The van der Waals surface area contributed by atoms with Crippen LogP contribution < -0.4 is 10.6 Å². The summed E-state index contributed by atoms with van der Waals surface area (Å²) >= 11 is 0. The number of rotatable bonds is 5. The number of carbonyl (C=O) groups is 1. The molecule has 1 aliphatic carbocycles. The van der Waals surface area contributed by atoms with Gasteiger partial charge >= 0.3 is 0 Å². The van der Waals surface area contributed by atoms with Gasteiger partial charge in [-0.15, -0.1) is 0 Å². The zero-order valence-electron chi connectivity index (χ0n) is 11.9. The first-order valence-electron chi connectivity index (χ1n) is 7.37. The standard InChI is InChI=1S/C16H24N2O/c1-3-12-8-9-15(10-12)17-13-6-5-7-14(11-13)18-16(19)4-2/h5-7,11-12,15,17H,3-4,8-10H2,1-2H3,(H,18,19). The number of carbonyl (C=O) groups excluding carboxylic acids is 1. The van der Waals surface area contributed by atoms with Crippen molar-refractivity contribution < 1.29 is 4.79 Å². The number of benzene rings is 1. The highest BCUT2D eigenvalue weighted by atomic mass is 16.1. The van der Waals surface area contributed by atoms with E-state index in [1.165, 1.54) is 25.7 Å². The Morgan fingerprint density at radius 3 is 2.74 bits per heavy atom. The van der Waals surface area contributed by atoms with E-state index < -0.39 is 0 Å². The van der Waals surface area contributed by atoms with E-state index >= 15 is 0 Å². The van der Waals surface area contributed by atoms with E-state index in [-0.39, 0.29) is 5.91 Å². The van der Waals surface area contributed by atoms with Crippen molar-refractivity contribution in [3.63, 3.8) is 0 Å². The van der Waals surface area contributed by atoms with Crippen molar-refractivity contribution in [3.05, 3.63) is 24.3 Å². The monoisotopic (exact) mass is 260 g/mol. The lowest BCUT2D eigenvalue weighted by atomic mass is 10.1. The molecule has 1 aromatic carbocycles. The zero-order chi connectivity index (χ0) is 13.7. The molecule has 3 heteroatoms. The molecule has 2 rings (SSSR count). The molecule has 0 bridgehead atoms. The Kier molecular flexibility index (Phi) is 4.83. The van der Waals surface area contributed by atoms with Crippen LogP contribution in [0.4, 0.5) is 11.4 Å². The topological polar surface area (TPSA) is 41.1 Å². The molecular formula is C16H24N2O. The third-order valence-corrected chi connectivity index (χ3v) is 3.96. The molecule has 0 radical (unpaired) electrons. The van der Waals surface area contributed by atoms with Crippen LogP contribution in [0, 0.1) is 5.92 Å². The van der Waals surface area contributed by atoms with Crippen LogP contribution in [-0.2, 0) is 4.79 Å². The van der Waals surface area contributed by atoms with Crippen molar-refractivity contribution >= 4 is 17.3 Å². The predicted molar refractivity (Wildman–Crippen MR) is 80.4 cm³/mol. The number of hydrogen-bond acceptors (Lipinski definition) is 2. The molecular weight excluding hydrogens is 236 g/mol. The van der Waals surface area contributed by atoms with Crippen molar-refractivity contribution in [3.8, 4) is 0 Å². The number of amides is 1. The molecule has 1 amide bonds. The van der Waals surface area contributed by atoms with Gasteiger partial charge in [0.2, 0.25) is 5.91 Å². The van der Waals surface area contributed by atoms with Crippen molar-refractivity contribution in [2.24, 2.45) is 5.92 Å². The first kappa shape index (κ1) is 13.9. The lowest BCUT2D eigenvalue weighted by Gasteiger charge is -2.15. The van der Waals surface area contributed by atoms with Gasteiger partial charge in [0.05, 0.1) is 0 Å². The van der Waals surface area contributed by atoms with Crippen molar-refractivity contribution in [1.82, 2.24) is 0 Å². The summed E-state index contributed by atoms with van der Waals surface area (Å²) in [5.74, 6) is 0.935. The molecule has 1 aliphatic rings. The summed E-state index contributed by atoms with van der Waals surface area (Å²) in [5, 5.41) is 6.48.